The van der Waals surface area contributed by atoms with Gasteiger partial charge in [-0.1, -0.05) is 152 Å². The van der Waals surface area contributed by atoms with Crippen molar-refractivity contribution >= 4 is 75.1 Å². The van der Waals surface area contributed by atoms with E-state index < -0.39 is 5.41 Å². The molecule has 3 aromatic heterocycles. The van der Waals surface area contributed by atoms with Gasteiger partial charge in [-0.3, -0.25) is 0 Å². The zero-order chi connectivity index (χ0) is 38.0. The van der Waals surface area contributed by atoms with Crippen molar-refractivity contribution in [1.82, 2.24) is 9.13 Å². The first kappa shape index (κ1) is 31.9. The minimum Gasteiger partial charge on any atom is -0.309 e. The van der Waals surface area contributed by atoms with E-state index in [-0.39, 0.29) is 0 Å². The van der Waals surface area contributed by atoms with E-state index >= 15 is 0 Å². The summed E-state index contributed by atoms with van der Waals surface area (Å²) in [7, 11) is 0. The molecule has 1 aliphatic carbocycles. The van der Waals surface area contributed by atoms with Gasteiger partial charge in [-0.15, -0.1) is 11.3 Å². The molecule has 270 valence electrons. The molecule has 0 bridgehead atoms. The van der Waals surface area contributed by atoms with Gasteiger partial charge in [0, 0.05) is 53.1 Å². The van der Waals surface area contributed by atoms with E-state index in [0.29, 0.717) is 0 Å². The van der Waals surface area contributed by atoms with Gasteiger partial charge in [0.1, 0.15) is 0 Å². The second-order valence-corrected chi connectivity index (χ2v) is 16.7. The molecule has 0 saturated heterocycles. The highest BCUT2D eigenvalue weighted by Gasteiger charge is 2.46. The molecule has 0 amide bonds. The van der Waals surface area contributed by atoms with Crippen molar-refractivity contribution in [3.63, 3.8) is 0 Å². The average Bonchev–Trinajstić information content (AvgIpc) is 4.01. The largest absolute Gasteiger partial charge is 0.309 e. The summed E-state index contributed by atoms with van der Waals surface area (Å²) in [5, 5.41) is 7.69. The van der Waals surface area contributed by atoms with E-state index in [2.05, 4.69) is 215 Å². The van der Waals surface area contributed by atoms with E-state index in [0.717, 1.165) is 11.4 Å². The van der Waals surface area contributed by atoms with Crippen LogP contribution in [0.15, 0.2) is 206 Å². The van der Waals surface area contributed by atoms with E-state index in [4.69, 9.17) is 0 Å². The summed E-state index contributed by atoms with van der Waals surface area (Å²) in [4.78, 5) is 0. The molecule has 0 unspecified atom stereocenters. The molecule has 0 spiro atoms. The van der Waals surface area contributed by atoms with Crippen LogP contribution in [0.25, 0.3) is 86.3 Å². The lowest BCUT2D eigenvalue weighted by Crippen LogP contribution is -2.28. The predicted molar refractivity (Wildman–Crippen MR) is 245 cm³/mol. The van der Waals surface area contributed by atoms with E-state index in [1.807, 2.05) is 11.3 Å². The van der Waals surface area contributed by atoms with Crippen LogP contribution in [0.1, 0.15) is 22.3 Å². The predicted octanol–water partition coefficient (Wildman–Crippen LogP) is 14.6. The summed E-state index contributed by atoms with van der Waals surface area (Å²) < 4.78 is 7.65. The van der Waals surface area contributed by atoms with Gasteiger partial charge >= 0.3 is 0 Å². The van der Waals surface area contributed by atoms with E-state index in [1.54, 1.807) is 0 Å². The van der Waals surface area contributed by atoms with E-state index in [9.17, 15) is 0 Å². The van der Waals surface area contributed by atoms with Crippen LogP contribution in [0.4, 0.5) is 0 Å². The lowest BCUT2D eigenvalue weighted by Gasteiger charge is -2.34. The quantitative estimate of drug-likeness (QED) is 0.169. The van der Waals surface area contributed by atoms with Gasteiger partial charge in [0.2, 0.25) is 0 Å². The van der Waals surface area contributed by atoms with Crippen LogP contribution < -0.4 is 0 Å². The van der Waals surface area contributed by atoms with Crippen molar-refractivity contribution in [2.45, 2.75) is 5.41 Å². The van der Waals surface area contributed by atoms with Crippen molar-refractivity contribution in [3.05, 3.63) is 229 Å². The molecule has 3 heterocycles. The topological polar surface area (TPSA) is 9.86 Å². The number of thiophene rings is 1. The molecule has 58 heavy (non-hydrogen) atoms. The lowest BCUT2D eigenvalue weighted by atomic mass is 9.67. The van der Waals surface area contributed by atoms with Crippen LogP contribution >= 0.6 is 11.3 Å². The minimum atomic E-state index is -0.481. The van der Waals surface area contributed by atoms with Crippen molar-refractivity contribution in [2.24, 2.45) is 0 Å². The number of rotatable bonds is 4. The van der Waals surface area contributed by atoms with E-state index in [1.165, 1.54) is 97.2 Å². The Bertz CT molecular complexity index is 3580. The maximum atomic E-state index is 2.51. The molecule has 12 aromatic rings. The molecule has 0 N–H and O–H groups in total. The Labute approximate surface area is 339 Å². The second kappa shape index (κ2) is 11.9. The Morgan fingerprint density at radius 1 is 0.345 bits per heavy atom. The van der Waals surface area contributed by atoms with Crippen LogP contribution in [-0.2, 0) is 5.41 Å². The third-order valence-electron chi connectivity index (χ3n) is 12.8. The summed E-state index contributed by atoms with van der Waals surface area (Å²) in [6.45, 7) is 0. The Kier molecular flexibility index (Phi) is 6.56. The number of fused-ring (bicyclic) bond motifs is 13. The zero-order valence-corrected chi connectivity index (χ0v) is 32.2. The monoisotopic (exact) mass is 754 g/mol. The Balaban J connectivity index is 1.14. The number of hydrogen-bond acceptors (Lipinski definition) is 1. The maximum Gasteiger partial charge on any atom is 0.0714 e. The van der Waals surface area contributed by atoms with Crippen molar-refractivity contribution in [1.29, 1.82) is 0 Å². The fourth-order valence-corrected chi connectivity index (χ4v) is 11.6. The molecule has 0 radical (unpaired) electrons. The SMILES string of the molecule is c1ccc(-n2c3cc4c(cc3c3ccc5sc6ccccc6c5c32)c2ccccc2n4-c2cccc(C3(c4ccccc4)c4ccccc4-c4ccccc43)c2)cc1. The highest BCUT2D eigenvalue weighted by Crippen LogP contribution is 2.56. The van der Waals surface area contributed by atoms with Crippen molar-refractivity contribution in [2.75, 3.05) is 0 Å². The number of para-hydroxylation sites is 2. The molecule has 0 saturated carbocycles. The number of benzene rings is 9. The highest BCUT2D eigenvalue weighted by atomic mass is 32.1. The first-order valence-electron chi connectivity index (χ1n) is 20.0. The van der Waals surface area contributed by atoms with Crippen LogP contribution in [0.5, 0.6) is 0 Å². The molecule has 2 nitrogen and oxygen atoms in total. The van der Waals surface area contributed by atoms with Gasteiger partial charge in [0.15, 0.2) is 0 Å². The van der Waals surface area contributed by atoms with Crippen LogP contribution in [0.3, 0.4) is 0 Å². The van der Waals surface area contributed by atoms with Crippen LogP contribution in [-0.4, -0.2) is 9.13 Å². The van der Waals surface area contributed by atoms with Crippen molar-refractivity contribution in [3.8, 4) is 22.5 Å². The third-order valence-corrected chi connectivity index (χ3v) is 13.9. The van der Waals surface area contributed by atoms with Crippen LogP contribution in [0.2, 0.25) is 0 Å². The summed E-state index contributed by atoms with van der Waals surface area (Å²) in [6.07, 6.45) is 0. The Morgan fingerprint density at radius 2 is 0.948 bits per heavy atom. The maximum absolute atomic E-state index is 2.51. The summed E-state index contributed by atoms with van der Waals surface area (Å²) in [5.41, 5.74) is 14.5. The normalized spacial score (nSPS) is 13.3. The number of nitrogens with zero attached hydrogens (tertiary/aromatic N) is 2. The number of hydrogen-bond donors (Lipinski definition) is 0. The fraction of sp³-hybridized carbons (Fsp3) is 0.0182. The third kappa shape index (κ3) is 4.16. The Hall–Kier alpha value is -7.20. The zero-order valence-electron chi connectivity index (χ0n) is 31.4. The molecule has 0 fully saturated rings. The molecule has 9 aromatic carbocycles. The highest BCUT2D eigenvalue weighted by molar-refractivity contribution is 7.26. The summed E-state index contributed by atoms with van der Waals surface area (Å²) in [5.74, 6) is 0. The van der Waals surface area contributed by atoms with Gasteiger partial charge < -0.3 is 9.13 Å². The standard InChI is InChI=1S/C55H34N2S/c1-3-16-35(17-4-1)55(46-26-11-7-22-39(46)40-23-8-12-27-47(40)55)36-18-15-21-38(32-36)56-48-28-13-9-24-41(48)44-33-45-42-30-31-52-53(43-25-10-14-29-51(43)58-52)54(42)57(50(45)34-49(44)56)37-19-5-2-6-20-37/h1-34H. The minimum absolute atomic E-state index is 0.481. The Morgan fingerprint density at radius 3 is 1.74 bits per heavy atom. The van der Waals surface area contributed by atoms with Gasteiger partial charge in [0.25, 0.3) is 0 Å². The second-order valence-electron chi connectivity index (χ2n) is 15.6. The molecule has 1 aliphatic rings. The van der Waals surface area contributed by atoms with Crippen LogP contribution in [0, 0.1) is 0 Å². The molecular weight excluding hydrogens is 721 g/mol. The summed E-state index contributed by atoms with van der Waals surface area (Å²) in [6, 6.07) is 76.7. The average molecular weight is 755 g/mol. The van der Waals surface area contributed by atoms with Gasteiger partial charge in [-0.25, -0.2) is 0 Å². The first-order valence-corrected chi connectivity index (χ1v) is 20.8. The van der Waals surface area contributed by atoms with Crippen molar-refractivity contribution < 1.29 is 0 Å². The molecule has 13 rings (SSSR count). The number of aromatic nitrogens is 2. The summed E-state index contributed by atoms with van der Waals surface area (Å²) >= 11 is 1.88. The molecule has 0 aliphatic heterocycles. The first-order chi connectivity index (χ1) is 28.8. The van der Waals surface area contributed by atoms with Gasteiger partial charge in [0.05, 0.1) is 27.5 Å². The lowest BCUT2D eigenvalue weighted by molar-refractivity contribution is 0.767. The van der Waals surface area contributed by atoms with Gasteiger partial charge in [-0.2, -0.15) is 0 Å². The smallest absolute Gasteiger partial charge is 0.0714 e. The fourth-order valence-electron chi connectivity index (χ4n) is 10.5. The molecule has 3 heteroatoms. The molecule has 0 atom stereocenters. The molecular formula is C55H34N2S. The van der Waals surface area contributed by atoms with Gasteiger partial charge in [-0.05, 0) is 88.0 Å².